The number of hydrogen-bond donors (Lipinski definition) is 0. The topological polar surface area (TPSA) is 28.6 Å². The number of rotatable bonds is 3. The molecule has 2 fully saturated rings. The quantitative estimate of drug-likeness (QED) is 0.856. The van der Waals surface area contributed by atoms with Crippen molar-refractivity contribution in [2.24, 2.45) is 0 Å². The zero-order chi connectivity index (χ0) is 15.6. The van der Waals surface area contributed by atoms with E-state index in [1.54, 1.807) is 6.07 Å². The SMILES string of the molecule is FC(F)(F)c1cccc(N2CCN(C[C@H]3CCCO3)CC2)n1. The average Bonchev–Trinajstić information content (AvgIpc) is 3.00. The minimum atomic E-state index is -4.39. The van der Waals surface area contributed by atoms with Gasteiger partial charge in [0.05, 0.1) is 6.10 Å². The van der Waals surface area contributed by atoms with E-state index in [0.717, 1.165) is 45.1 Å². The first-order valence-corrected chi connectivity index (χ1v) is 7.65. The highest BCUT2D eigenvalue weighted by molar-refractivity contribution is 5.40. The lowest BCUT2D eigenvalue weighted by Crippen LogP contribution is -2.48. The summed E-state index contributed by atoms with van der Waals surface area (Å²) in [6.07, 6.45) is -1.84. The number of anilines is 1. The van der Waals surface area contributed by atoms with Crippen LogP contribution in [0, 0.1) is 0 Å². The molecule has 2 aliphatic heterocycles. The number of hydrogen-bond acceptors (Lipinski definition) is 4. The van der Waals surface area contributed by atoms with Crippen molar-refractivity contribution < 1.29 is 17.9 Å². The molecule has 3 heterocycles. The number of alkyl halides is 3. The fourth-order valence-electron chi connectivity index (χ4n) is 2.99. The van der Waals surface area contributed by atoms with Gasteiger partial charge in [0, 0.05) is 39.3 Å². The summed E-state index contributed by atoms with van der Waals surface area (Å²) in [5, 5.41) is 0. The van der Waals surface area contributed by atoms with Crippen molar-refractivity contribution in [2.75, 3.05) is 44.2 Å². The lowest BCUT2D eigenvalue weighted by Gasteiger charge is -2.36. The number of nitrogens with zero attached hydrogens (tertiary/aromatic N) is 3. The van der Waals surface area contributed by atoms with Gasteiger partial charge in [0.2, 0.25) is 0 Å². The van der Waals surface area contributed by atoms with Crippen molar-refractivity contribution in [3.8, 4) is 0 Å². The lowest BCUT2D eigenvalue weighted by molar-refractivity contribution is -0.141. The Morgan fingerprint density at radius 3 is 2.59 bits per heavy atom. The van der Waals surface area contributed by atoms with E-state index in [9.17, 15) is 13.2 Å². The van der Waals surface area contributed by atoms with Gasteiger partial charge in [0.25, 0.3) is 0 Å². The monoisotopic (exact) mass is 315 g/mol. The van der Waals surface area contributed by atoms with Gasteiger partial charge in [-0.15, -0.1) is 0 Å². The molecule has 0 saturated carbocycles. The van der Waals surface area contributed by atoms with Gasteiger partial charge in [0.1, 0.15) is 11.5 Å². The predicted octanol–water partition coefficient (Wildman–Crippen LogP) is 2.40. The normalized spacial score (nSPS) is 24.0. The number of aromatic nitrogens is 1. The first-order chi connectivity index (χ1) is 10.5. The van der Waals surface area contributed by atoms with Gasteiger partial charge in [-0.2, -0.15) is 13.2 Å². The molecule has 1 aromatic rings. The van der Waals surface area contributed by atoms with Crippen molar-refractivity contribution in [2.45, 2.75) is 25.1 Å². The summed E-state index contributed by atoms with van der Waals surface area (Å²) in [5.41, 5.74) is -0.827. The molecule has 3 rings (SSSR count). The van der Waals surface area contributed by atoms with Crippen molar-refractivity contribution in [3.63, 3.8) is 0 Å². The Labute approximate surface area is 127 Å². The van der Waals surface area contributed by atoms with Crippen LogP contribution in [-0.2, 0) is 10.9 Å². The van der Waals surface area contributed by atoms with E-state index in [-0.39, 0.29) is 0 Å². The van der Waals surface area contributed by atoms with E-state index in [0.29, 0.717) is 25.0 Å². The van der Waals surface area contributed by atoms with Crippen LogP contribution in [-0.4, -0.2) is 55.3 Å². The molecule has 0 amide bonds. The molecule has 4 nitrogen and oxygen atoms in total. The fourth-order valence-corrected chi connectivity index (χ4v) is 2.99. The van der Waals surface area contributed by atoms with E-state index < -0.39 is 11.9 Å². The Kier molecular flexibility index (Phi) is 4.54. The van der Waals surface area contributed by atoms with Crippen LogP contribution in [0.5, 0.6) is 0 Å². The molecule has 122 valence electrons. The van der Waals surface area contributed by atoms with Crippen LogP contribution in [0.15, 0.2) is 18.2 Å². The predicted molar refractivity (Wildman–Crippen MR) is 76.9 cm³/mol. The fraction of sp³-hybridized carbons (Fsp3) is 0.667. The number of ether oxygens (including phenoxy) is 1. The highest BCUT2D eigenvalue weighted by Gasteiger charge is 2.33. The van der Waals surface area contributed by atoms with Gasteiger partial charge in [-0.3, -0.25) is 4.90 Å². The molecule has 0 aliphatic carbocycles. The molecule has 0 N–H and O–H groups in total. The Bertz CT molecular complexity index is 495. The van der Waals surface area contributed by atoms with E-state index in [2.05, 4.69) is 9.88 Å². The summed E-state index contributed by atoms with van der Waals surface area (Å²) in [6.45, 7) is 4.82. The van der Waals surface area contributed by atoms with Crippen molar-refractivity contribution in [1.29, 1.82) is 0 Å². The van der Waals surface area contributed by atoms with Gasteiger partial charge in [-0.1, -0.05) is 6.07 Å². The Balaban J connectivity index is 1.57. The van der Waals surface area contributed by atoms with Crippen LogP contribution in [0.4, 0.5) is 19.0 Å². The smallest absolute Gasteiger partial charge is 0.377 e. The molecular formula is C15H20F3N3O. The third kappa shape index (κ3) is 3.70. The zero-order valence-electron chi connectivity index (χ0n) is 12.4. The van der Waals surface area contributed by atoms with Crippen molar-refractivity contribution in [1.82, 2.24) is 9.88 Å². The van der Waals surface area contributed by atoms with Gasteiger partial charge in [-0.05, 0) is 25.0 Å². The highest BCUT2D eigenvalue weighted by Crippen LogP contribution is 2.29. The van der Waals surface area contributed by atoms with Gasteiger partial charge >= 0.3 is 6.18 Å². The maximum atomic E-state index is 12.7. The van der Waals surface area contributed by atoms with Crippen molar-refractivity contribution in [3.05, 3.63) is 23.9 Å². The summed E-state index contributed by atoms with van der Waals surface area (Å²) in [6, 6.07) is 4.08. The molecule has 2 saturated heterocycles. The third-order valence-corrected chi connectivity index (χ3v) is 4.21. The number of halogens is 3. The summed E-state index contributed by atoms with van der Waals surface area (Å²) in [4.78, 5) is 7.99. The van der Waals surface area contributed by atoms with Gasteiger partial charge < -0.3 is 9.64 Å². The molecule has 0 unspecified atom stereocenters. The van der Waals surface area contributed by atoms with Gasteiger partial charge in [0.15, 0.2) is 0 Å². The molecule has 2 aliphatic rings. The molecule has 22 heavy (non-hydrogen) atoms. The van der Waals surface area contributed by atoms with E-state index in [1.165, 1.54) is 6.07 Å². The van der Waals surface area contributed by atoms with Crippen LogP contribution in [0.2, 0.25) is 0 Å². The zero-order valence-corrected chi connectivity index (χ0v) is 12.4. The summed E-state index contributed by atoms with van der Waals surface area (Å²) >= 11 is 0. The maximum absolute atomic E-state index is 12.7. The minimum absolute atomic E-state index is 0.318. The molecule has 0 spiro atoms. The maximum Gasteiger partial charge on any atom is 0.433 e. The van der Waals surface area contributed by atoms with Crippen LogP contribution in [0.25, 0.3) is 0 Å². The van der Waals surface area contributed by atoms with Crippen LogP contribution >= 0.6 is 0 Å². The molecule has 0 radical (unpaired) electrons. The number of piperazine rings is 1. The largest absolute Gasteiger partial charge is 0.433 e. The first-order valence-electron chi connectivity index (χ1n) is 7.65. The van der Waals surface area contributed by atoms with Crippen LogP contribution < -0.4 is 4.90 Å². The summed E-state index contributed by atoms with van der Waals surface area (Å²) < 4.78 is 43.8. The summed E-state index contributed by atoms with van der Waals surface area (Å²) in [7, 11) is 0. The van der Waals surface area contributed by atoms with Gasteiger partial charge in [-0.25, -0.2) is 4.98 Å². The average molecular weight is 315 g/mol. The van der Waals surface area contributed by atoms with E-state index in [1.807, 2.05) is 4.90 Å². The standard InChI is InChI=1S/C15H20F3N3O/c16-15(17,18)13-4-1-5-14(19-13)21-8-6-20(7-9-21)11-12-3-2-10-22-12/h1,4-5,12H,2-3,6-11H2/t12-/m1/s1. The summed E-state index contributed by atoms with van der Waals surface area (Å²) in [5.74, 6) is 0.409. The minimum Gasteiger partial charge on any atom is -0.377 e. The molecule has 0 bridgehead atoms. The van der Waals surface area contributed by atoms with E-state index >= 15 is 0 Å². The second-order valence-corrected chi connectivity index (χ2v) is 5.80. The van der Waals surface area contributed by atoms with E-state index in [4.69, 9.17) is 4.74 Å². The number of pyridine rings is 1. The third-order valence-electron chi connectivity index (χ3n) is 4.21. The first kappa shape index (κ1) is 15.6. The Morgan fingerprint density at radius 2 is 1.95 bits per heavy atom. The molecular weight excluding hydrogens is 295 g/mol. The Hall–Kier alpha value is -1.34. The molecule has 0 aromatic carbocycles. The second kappa shape index (κ2) is 6.42. The highest BCUT2D eigenvalue weighted by atomic mass is 19.4. The molecule has 7 heteroatoms. The van der Waals surface area contributed by atoms with Crippen molar-refractivity contribution >= 4 is 5.82 Å². The molecule has 1 atom stereocenters. The Morgan fingerprint density at radius 1 is 1.18 bits per heavy atom. The van der Waals surface area contributed by atoms with Crippen LogP contribution in [0.1, 0.15) is 18.5 Å². The lowest BCUT2D eigenvalue weighted by atomic mass is 10.2. The second-order valence-electron chi connectivity index (χ2n) is 5.80. The molecule has 1 aromatic heterocycles. The van der Waals surface area contributed by atoms with Crippen LogP contribution in [0.3, 0.4) is 0 Å².